The first-order valence-corrected chi connectivity index (χ1v) is 8.81. The van der Waals surface area contributed by atoms with E-state index in [1.165, 1.54) is 4.31 Å². The van der Waals surface area contributed by atoms with Gasteiger partial charge in [-0.1, -0.05) is 38.8 Å². The highest BCUT2D eigenvalue weighted by Gasteiger charge is 2.25. The predicted octanol–water partition coefficient (Wildman–Crippen LogP) is 1.58. The molecule has 0 saturated carbocycles. The standard InChI is InChI=1S/C13H24N4O3S/c1-13(2,3)12-15-11(20-16-12)10-14-21(18,19)17-8-6-4-5-7-9-17/h14H,4-10H2,1-3H3. The van der Waals surface area contributed by atoms with Gasteiger partial charge in [0.05, 0.1) is 6.54 Å². The molecule has 2 heterocycles. The molecule has 1 aromatic rings. The first-order chi connectivity index (χ1) is 9.79. The fraction of sp³-hybridized carbons (Fsp3) is 0.846. The summed E-state index contributed by atoms with van der Waals surface area (Å²) >= 11 is 0. The third-order valence-corrected chi connectivity index (χ3v) is 5.00. The van der Waals surface area contributed by atoms with Crippen LogP contribution < -0.4 is 4.72 Å². The monoisotopic (exact) mass is 316 g/mol. The van der Waals surface area contributed by atoms with Gasteiger partial charge in [-0.25, -0.2) is 0 Å². The molecule has 0 aliphatic carbocycles. The minimum Gasteiger partial charge on any atom is -0.338 e. The quantitative estimate of drug-likeness (QED) is 0.911. The maximum absolute atomic E-state index is 12.2. The predicted molar refractivity (Wildman–Crippen MR) is 78.8 cm³/mol. The molecule has 0 aromatic carbocycles. The van der Waals surface area contributed by atoms with Crippen molar-refractivity contribution in [3.63, 3.8) is 0 Å². The van der Waals surface area contributed by atoms with E-state index in [-0.39, 0.29) is 12.0 Å². The Morgan fingerprint density at radius 3 is 2.33 bits per heavy atom. The molecule has 0 bridgehead atoms. The fourth-order valence-electron chi connectivity index (χ4n) is 2.16. The van der Waals surface area contributed by atoms with E-state index in [1.54, 1.807) is 0 Å². The zero-order valence-corrected chi connectivity index (χ0v) is 13.7. The van der Waals surface area contributed by atoms with E-state index in [4.69, 9.17) is 4.52 Å². The minimum atomic E-state index is -3.48. The molecule has 7 nitrogen and oxygen atoms in total. The highest BCUT2D eigenvalue weighted by atomic mass is 32.2. The Kier molecular flexibility index (Phi) is 5.00. The van der Waals surface area contributed by atoms with E-state index in [1.807, 2.05) is 20.8 Å². The Morgan fingerprint density at radius 2 is 1.81 bits per heavy atom. The van der Waals surface area contributed by atoms with Crippen LogP contribution in [0.15, 0.2) is 4.52 Å². The Bertz CT molecular complexity index is 554. The Labute approximate surface area is 126 Å². The first kappa shape index (κ1) is 16.4. The van der Waals surface area contributed by atoms with Crippen LogP contribution in [0.2, 0.25) is 0 Å². The van der Waals surface area contributed by atoms with Gasteiger partial charge in [0.2, 0.25) is 5.89 Å². The molecular weight excluding hydrogens is 292 g/mol. The summed E-state index contributed by atoms with van der Waals surface area (Å²) in [6.45, 7) is 7.11. The molecule has 8 heteroatoms. The average molecular weight is 316 g/mol. The second-order valence-corrected chi connectivity index (χ2v) is 8.16. The average Bonchev–Trinajstić information content (AvgIpc) is 2.70. The molecule has 0 unspecified atom stereocenters. The summed E-state index contributed by atoms with van der Waals surface area (Å²) < 4.78 is 33.6. The van der Waals surface area contributed by atoms with E-state index in [0.29, 0.717) is 24.8 Å². The Morgan fingerprint density at radius 1 is 1.19 bits per heavy atom. The lowest BCUT2D eigenvalue weighted by atomic mass is 9.96. The van der Waals surface area contributed by atoms with E-state index in [2.05, 4.69) is 14.9 Å². The smallest absolute Gasteiger partial charge is 0.279 e. The molecule has 0 radical (unpaired) electrons. The molecule has 1 aliphatic heterocycles. The summed E-state index contributed by atoms with van der Waals surface area (Å²) in [5.41, 5.74) is -0.217. The second kappa shape index (κ2) is 6.41. The molecule has 1 aromatic heterocycles. The summed E-state index contributed by atoms with van der Waals surface area (Å²) in [5, 5.41) is 3.88. The van der Waals surface area contributed by atoms with E-state index < -0.39 is 10.2 Å². The topological polar surface area (TPSA) is 88.3 Å². The third-order valence-electron chi connectivity index (χ3n) is 3.45. The van der Waals surface area contributed by atoms with E-state index in [9.17, 15) is 8.42 Å². The van der Waals surface area contributed by atoms with Crippen molar-refractivity contribution in [2.24, 2.45) is 0 Å². The van der Waals surface area contributed by atoms with Crippen molar-refractivity contribution in [2.75, 3.05) is 13.1 Å². The summed E-state index contributed by atoms with van der Waals surface area (Å²) in [5.74, 6) is 0.866. The molecule has 1 saturated heterocycles. The molecule has 1 aliphatic rings. The molecule has 0 spiro atoms. The maximum atomic E-state index is 12.2. The fourth-order valence-corrected chi connectivity index (χ4v) is 3.38. The lowest BCUT2D eigenvalue weighted by Gasteiger charge is -2.19. The third kappa shape index (κ3) is 4.49. The van der Waals surface area contributed by atoms with Crippen molar-refractivity contribution in [2.45, 2.75) is 58.4 Å². The van der Waals surface area contributed by atoms with Crippen LogP contribution in [0.3, 0.4) is 0 Å². The number of hydrogen-bond acceptors (Lipinski definition) is 5. The van der Waals surface area contributed by atoms with E-state index >= 15 is 0 Å². The van der Waals surface area contributed by atoms with Gasteiger partial charge < -0.3 is 4.52 Å². The maximum Gasteiger partial charge on any atom is 0.279 e. The highest BCUT2D eigenvalue weighted by molar-refractivity contribution is 7.87. The summed E-state index contributed by atoms with van der Waals surface area (Å²) in [4.78, 5) is 4.22. The SMILES string of the molecule is CC(C)(C)c1noc(CNS(=O)(=O)N2CCCCCC2)n1. The zero-order chi connectivity index (χ0) is 15.5. The summed E-state index contributed by atoms with van der Waals surface area (Å²) in [6, 6.07) is 0. The van der Waals surface area contributed by atoms with Crippen LogP contribution in [-0.4, -0.2) is 36.0 Å². The number of hydrogen-bond donors (Lipinski definition) is 1. The molecule has 120 valence electrons. The van der Waals surface area contributed by atoms with Gasteiger partial charge in [-0.05, 0) is 12.8 Å². The number of nitrogens with one attached hydrogen (secondary N) is 1. The minimum absolute atomic E-state index is 0.0297. The molecule has 0 atom stereocenters. The van der Waals surface area contributed by atoms with Crippen molar-refractivity contribution >= 4 is 10.2 Å². The van der Waals surface area contributed by atoms with Crippen LogP contribution in [0.25, 0.3) is 0 Å². The van der Waals surface area contributed by atoms with Crippen LogP contribution in [-0.2, 0) is 22.2 Å². The van der Waals surface area contributed by atoms with Gasteiger partial charge in [0.15, 0.2) is 5.82 Å². The molecule has 1 fully saturated rings. The van der Waals surface area contributed by atoms with Gasteiger partial charge >= 0.3 is 0 Å². The van der Waals surface area contributed by atoms with Crippen molar-refractivity contribution in [1.29, 1.82) is 0 Å². The highest BCUT2D eigenvalue weighted by Crippen LogP contribution is 2.18. The van der Waals surface area contributed by atoms with Crippen LogP contribution in [0.4, 0.5) is 0 Å². The van der Waals surface area contributed by atoms with Crippen molar-refractivity contribution in [1.82, 2.24) is 19.2 Å². The van der Waals surface area contributed by atoms with Crippen molar-refractivity contribution in [3.8, 4) is 0 Å². The van der Waals surface area contributed by atoms with Crippen molar-refractivity contribution < 1.29 is 12.9 Å². The second-order valence-electron chi connectivity index (χ2n) is 6.40. The lowest BCUT2D eigenvalue weighted by Crippen LogP contribution is -2.40. The van der Waals surface area contributed by atoms with Gasteiger partial charge in [0.25, 0.3) is 10.2 Å². The van der Waals surface area contributed by atoms with E-state index in [0.717, 1.165) is 25.7 Å². The molecule has 1 N–H and O–H groups in total. The zero-order valence-electron chi connectivity index (χ0n) is 12.9. The van der Waals surface area contributed by atoms with Crippen LogP contribution in [0, 0.1) is 0 Å². The summed E-state index contributed by atoms with van der Waals surface area (Å²) in [6.07, 6.45) is 4.00. The van der Waals surface area contributed by atoms with Gasteiger partial charge in [-0.15, -0.1) is 0 Å². The first-order valence-electron chi connectivity index (χ1n) is 7.37. The Hall–Kier alpha value is -0.990. The van der Waals surface area contributed by atoms with Gasteiger partial charge in [-0.2, -0.15) is 22.4 Å². The van der Waals surface area contributed by atoms with Crippen LogP contribution in [0.1, 0.15) is 58.2 Å². The van der Waals surface area contributed by atoms with Gasteiger partial charge in [0.1, 0.15) is 0 Å². The number of aromatic nitrogens is 2. The molecule has 2 rings (SSSR count). The Balaban J connectivity index is 1.96. The number of rotatable bonds is 4. The van der Waals surface area contributed by atoms with Crippen LogP contribution >= 0.6 is 0 Å². The number of nitrogens with zero attached hydrogens (tertiary/aromatic N) is 3. The largest absolute Gasteiger partial charge is 0.338 e. The molecule has 21 heavy (non-hydrogen) atoms. The van der Waals surface area contributed by atoms with Gasteiger partial charge in [-0.3, -0.25) is 0 Å². The summed E-state index contributed by atoms with van der Waals surface area (Å²) in [7, 11) is -3.48. The lowest BCUT2D eigenvalue weighted by molar-refractivity contribution is 0.356. The van der Waals surface area contributed by atoms with Crippen LogP contribution in [0.5, 0.6) is 0 Å². The van der Waals surface area contributed by atoms with Gasteiger partial charge in [0, 0.05) is 18.5 Å². The molecular formula is C13H24N4O3S. The normalized spacial score (nSPS) is 18.6. The van der Waals surface area contributed by atoms with Crippen molar-refractivity contribution in [3.05, 3.63) is 11.7 Å². The molecule has 0 amide bonds.